The number of rotatable bonds is 4. The minimum Gasteiger partial charge on any atom is -0.380 e. The van der Waals surface area contributed by atoms with Crippen molar-refractivity contribution < 1.29 is 13.7 Å². The molecule has 0 heterocycles. The minimum atomic E-state index is -0.960. The largest absolute Gasteiger partial charge is 0.380 e. The molecule has 0 radical (unpaired) electrons. The number of hydrogen-bond acceptors (Lipinski definition) is 4. The minimum absolute atomic E-state index is 0.104. The van der Waals surface area contributed by atoms with Gasteiger partial charge >= 0.3 is 0 Å². The highest BCUT2D eigenvalue weighted by atomic mass is 19.2. The molecule has 7 heteroatoms. The van der Waals surface area contributed by atoms with Crippen LogP contribution in [0.4, 0.5) is 20.2 Å². The van der Waals surface area contributed by atoms with Gasteiger partial charge in [-0.25, -0.2) is 8.78 Å². The van der Waals surface area contributed by atoms with Gasteiger partial charge in [-0.2, -0.15) is 5.26 Å². The van der Waals surface area contributed by atoms with Gasteiger partial charge in [-0.3, -0.25) is 10.1 Å². The Labute approximate surface area is 118 Å². The fourth-order valence-corrected chi connectivity index (χ4v) is 1.74. The van der Waals surface area contributed by atoms with Crippen LogP contribution in [0.3, 0.4) is 0 Å². The van der Waals surface area contributed by atoms with E-state index in [9.17, 15) is 18.9 Å². The van der Waals surface area contributed by atoms with Crippen molar-refractivity contribution >= 4 is 11.4 Å². The van der Waals surface area contributed by atoms with Crippen LogP contribution in [0.25, 0.3) is 0 Å². The molecule has 0 fully saturated rings. The van der Waals surface area contributed by atoms with Gasteiger partial charge in [0, 0.05) is 18.7 Å². The summed E-state index contributed by atoms with van der Waals surface area (Å²) in [6.45, 7) is 0.156. The van der Waals surface area contributed by atoms with Crippen LogP contribution < -0.4 is 5.32 Å². The number of nitrogens with zero attached hydrogens (tertiary/aromatic N) is 2. The number of nitro benzene ring substituents is 1. The second-order valence-electron chi connectivity index (χ2n) is 4.20. The molecule has 2 rings (SSSR count). The van der Waals surface area contributed by atoms with E-state index in [0.29, 0.717) is 11.3 Å². The summed E-state index contributed by atoms with van der Waals surface area (Å²) in [7, 11) is 0. The molecule has 0 saturated heterocycles. The molecule has 0 saturated carbocycles. The highest BCUT2D eigenvalue weighted by molar-refractivity contribution is 5.61. The Balaban J connectivity index is 2.18. The van der Waals surface area contributed by atoms with Crippen LogP contribution >= 0.6 is 0 Å². The first-order chi connectivity index (χ1) is 10.0. The Hall–Kier alpha value is -3.01. The number of non-ortho nitro benzene ring substituents is 1. The fraction of sp³-hybridized carbons (Fsp3) is 0.0714. The molecule has 0 atom stereocenters. The van der Waals surface area contributed by atoms with E-state index in [1.54, 1.807) is 0 Å². The molecular formula is C14H9F2N3O2. The third-order valence-corrected chi connectivity index (χ3v) is 2.80. The lowest BCUT2D eigenvalue weighted by Crippen LogP contribution is -2.02. The molecule has 2 aromatic rings. The maximum absolute atomic E-state index is 13.1. The number of benzene rings is 2. The summed E-state index contributed by atoms with van der Waals surface area (Å²) in [4.78, 5) is 10.0. The molecule has 0 amide bonds. The van der Waals surface area contributed by atoms with Gasteiger partial charge < -0.3 is 5.32 Å². The SMILES string of the molecule is N#Cc1cc([N+](=O)[O-])ccc1NCc1ccc(F)c(F)c1. The second-order valence-corrected chi connectivity index (χ2v) is 4.20. The van der Waals surface area contributed by atoms with Crippen LogP contribution in [0.15, 0.2) is 36.4 Å². The standard InChI is InChI=1S/C14H9F2N3O2/c15-12-3-1-9(5-13(12)16)8-18-14-4-2-11(19(20)21)6-10(14)7-17/h1-6,18H,8H2. The van der Waals surface area contributed by atoms with E-state index in [2.05, 4.69) is 5.32 Å². The van der Waals surface area contributed by atoms with E-state index >= 15 is 0 Å². The second kappa shape index (κ2) is 5.96. The zero-order valence-corrected chi connectivity index (χ0v) is 10.6. The molecule has 0 aromatic heterocycles. The smallest absolute Gasteiger partial charge is 0.270 e. The van der Waals surface area contributed by atoms with E-state index in [1.165, 1.54) is 18.2 Å². The van der Waals surface area contributed by atoms with Crippen LogP contribution in [0.5, 0.6) is 0 Å². The third kappa shape index (κ3) is 3.30. The molecule has 2 aromatic carbocycles. The van der Waals surface area contributed by atoms with Crippen LogP contribution in [0.2, 0.25) is 0 Å². The molecule has 0 aliphatic heterocycles. The molecule has 5 nitrogen and oxygen atoms in total. The number of anilines is 1. The van der Waals surface area contributed by atoms with E-state index < -0.39 is 16.6 Å². The van der Waals surface area contributed by atoms with Crippen molar-refractivity contribution in [2.45, 2.75) is 6.54 Å². The van der Waals surface area contributed by atoms with Crippen LogP contribution in [0.1, 0.15) is 11.1 Å². The Morgan fingerprint density at radius 1 is 1.19 bits per heavy atom. The van der Waals surface area contributed by atoms with Gasteiger partial charge in [0.15, 0.2) is 11.6 Å². The highest BCUT2D eigenvalue weighted by Crippen LogP contribution is 2.22. The summed E-state index contributed by atoms with van der Waals surface area (Å²) >= 11 is 0. The van der Waals surface area contributed by atoms with Crippen molar-refractivity contribution in [3.8, 4) is 6.07 Å². The fourth-order valence-electron chi connectivity index (χ4n) is 1.74. The lowest BCUT2D eigenvalue weighted by atomic mass is 10.1. The van der Waals surface area contributed by atoms with Gasteiger partial charge in [-0.15, -0.1) is 0 Å². The Morgan fingerprint density at radius 3 is 2.57 bits per heavy atom. The van der Waals surface area contributed by atoms with Gasteiger partial charge in [-0.1, -0.05) is 6.07 Å². The van der Waals surface area contributed by atoms with E-state index in [1.807, 2.05) is 6.07 Å². The number of hydrogen-bond donors (Lipinski definition) is 1. The first-order valence-electron chi connectivity index (χ1n) is 5.87. The zero-order chi connectivity index (χ0) is 15.4. The molecule has 0 unspecified atom stereocenters. The van der Waals surface area contributed by atoms with Crippen LogP contribution in [0, 0.1) is 33.1 Å². The lowest BCUT2D eigenvalue weighted by molar-refractivity contribution is -0.384. The summed E-state index contributed by atoms with van der Waals surface area (Å²) in [5, 5.41) is 22.5. The maximum atomic E-state index is 13.1. The van der Waals surface area contributed by atoms with E-state index in [4.69, 9.17) is 5.26 Å². The topological polar surface area (TPSA) is 79.0 Å². The Morgan fingerprint density at radius 2 is 1.95 bits per heavy atom. The molecule has 0 spiro atoms. The predicted octanol–water partition coefficient (Wildman–Crippen LogP) is 3.36. The summed E-state index contributed by atoms with van der Waals surface area (Å²) < 4.78 is 25.9. The van der Waals surface area contributed by atoms with Gasteiger partial charge in [0.25, 0.3) is 5.69 Å². The van der Waals surface area contributed by atoms with Crippen molar-refractivity contribution in [1.82, 2.24) is 0 Å². The van der Waals surface area contributed by atoms with Gasteiger partial charge in [0.2, 0.25) is 0 Å². The maximum Gasteiger partial charge on any atom is 0.270 e. The summed E-state index contributed by atoms with van der Waals surface area (Å²) in [5.41, 5.74) is 0.778. The molecule has 0 aliphatic rings. The number of halogens is 2. The molecule has 1 N–H and O–H groups in total. The number of nitro groups is 1. The van der Waals surface area contributed by atoms with E-state index in [-0.39, 0.29) is 17.8 Å². The van der Waals surface area contributed by atoms with E-state index in [0.717, 1.165) is 18.2 Å². The first kappa shape index (κ1) is 14.4. The van der Waals surface area contributed by atoms with Crippen molar-refractivity contribution in [2.75, 3.05) is 5.32 Å². The average molecular weight is 289 g/mol. The quantitative estimate of drug-likeness (QED) is 0.691. The van der Waals surface area contributed by atoms with Crippen LogP contribution in [-0.2, 0) is 6.54 Å². The highest BCUT2D eigenvalue weighted by Gasteiger charge is 2.10. The normalized spacial score (nSPS) is 9.95. The first-order valence-corrected chi connectivity index (χ1v) is 5.87. The molecular weight excluding hydrogens is 280 g/mol. The van der Waals surface area contributed by atoms with Gasteiger partial charge in [-0.05, 0) is 23.8 Å². The third-order valence-electron chi connectivity index (χ3n) is 2.80. The zero-order valence-electron chi connectivity index (χ0n) is 10.6. The summed E-state index contributed by atoms with van der Waals surface area (Å²) in [6, 6.07) is 9.11. The van der Waals surface area contributed by atoms with Crippen LogP contribution in [-0.4, -0.2) is 4.92 Å². The molecule has 21 heavy (non-hydrogen) atoms. The Kier molecular flexibility index (Phi) is 4.09. The summed E-state index contributed by atoms with van der Waals surface area (Å²) in [6.07, 6.45) is 0. The molecule has 0 aliphatic carbocycles. The average Bonchev–Trinajstić information content (AvgIpc) is 2.48. The Bertz CT molecular complexity index is 741. The van der Waals surface area contributed by atoms with Crippen molar-refractivity contribution in [1.29, 1.82) is 5.26 Å². The lowest BCUT2D eigenvalue weighted by Gasteiger charge is -2.08. The van der Waals surface area contributed by atoms with Crippen molar-refractivity contribution in [2.24, 2.45) is 0 Å². The predicted molar refractivity (Wildman–Crippen MR) is 71.5 cm³/mol. The molecule has 0 bridgehead atoms. The van der Waals surface area contributed by atoms with Gasteiger partial charge in [0.1, 0.15) is 6.07 Å². The monoisotopic (exact) mass is 289 g/mol. The van der Waals surface area contributed by atoms with Crippen molar-refractivity contribution in [3.63, 3.8) is 0 Å². The molecule has 106 valence electrons. The van der Waals surface area contributed by atoms with Gasteiger partial charge in [0.05, 0.1) is 16.2 Å². The summed E-state index contributed by atoms with van der Waals surface area (Å²) in [5.74, 6) is -1.90. The number of nitrogens with one attached hydrogen (secondary N) is 1. The number of nitriles is 1. The van der Waals surface area contributed by atoms with Crippen molar-refractivity contribution in [3.05, 3.63) is 69.3 Å².